The summed E-state index contributed by atoms with van der Waals surface area (Å²) in [5.74, 6) is -2.09. The van der Waals surface area contributed by atoms with Gasteiger partial charge in [-0.05, 0) is 65.6 Å². The van der Waals surface area contributed by atoms with Crippen molar-refractivity contribution in [2.24, 2.45) is 5.10 Å². The van der Waals surface area contributed by atoms with Gasteiger partial charge in [0.05, 0.1) is 11.8 Å². The van der Waals surface area contributed by atoms with Gasteiger partial charge in [-0.3, -0.25) is 9.59 Å². The Balaban J connectivity index is 1.43. The number of carbonyl (C=O) groups is 3. The van der Waals surface area contributed by atoms with Crippen LogP contribution < -0.4 is 15.5 Å². The molecule has 0 saturated carbocycles. The molecule has 37 heavy (non-hydrogen) atoms. The molecule has 2 amide bonds. The largest absolute Gasteiger partial charge is 0.423 e. The molecule has 1 aromatic heterocycles. The van der Waals surface area contributed by atoms with Gasteiger partial charge in [-0.25, -0.2) is 14.6 Å². The fourth-order valence-corrected chi connectivity index (χ4v) is 3.78. The van der Waals surface area contributed by atoms with Crippen LogP contribution in [0.3, 0.4) is 0 Å². The summed E-state index contributed by atoms with van der Waals surface area (Å²) in [5.41, 5.74) is 3.43. The van der Waals surface area contributed by atoms with E-state index in [1.807, 2.05) is 17.5 Å². The van der Waals surface area contributed by atoms with Crippen molar-refractivity contribution in [3.05, 3.63) is 129 Å². The van der Waals surface area contributed by atoms with E-state index in [4.69, 9.17) is 4.74 Å². The first-order chi connectivity index (χ1) is 18.0. The van der Waals surface area contributed by atoms with Gasteiger partial charge in [0, 0.05) is 10.4 Å². The third kappa shape index (κ3) is 7.30. The van der Waals surface area contributed by atoms with Crippen LogP contribution in [-0.4, -0.2) is 24.0 Å². The second-order valence-corrected chi connectivity index (χ2v) is 8.54. The Hall–Kier alpha value is -4.89. The minimum atomic E-state index is -0.709. The average Bonchev–Trinajstić information content (AvgIpc) is 3.42. The number of ether oxygens (including phenoxy) is 1. The molecule has 4 rings (SSSR count). The number of hydrogen-bond acceptors (Lipinski definition) is 6. The lowest BCUT2D eigenvalue weighted by Crippen LogP contribution is -2.32. The van der Waals surface area contributed by atoms with Crippen molar-refractivity contribution >= 4 is 41.4 Å². The van der Waals surface area contributed by atoms with Gasteiger partial charge in [-0.1, -0.05) is 42.5 Å². The molecular formula is C28H20FN3O4S. The zero-order chi connectivity index (χ0) is 26.0. The van der Waals surface area contributed by atoms with Crippen LogP contribution in [0.5, 0.6) is 5.75 Å². The maximum Gasteiger partial charge on any atom is 0.343 e. The molecule has 0 bridgehead atoms. The van der Waals surface area contributed by atoms with Crippen molar-refractivity contribution in [1.29, 1.82) is 0 Å². The number of hydrazone groups is 1. The van der Waals surface area contributed by atoms with Gasteiger partial charge in [-0.15, -0.1) is 11.3 Å². The molecule has 184 valence electrons. The van der Waals surface area contributed by atoms with Gasteiger partial charge in [0.25, 0.3) is 11.8 Å². The van der Waals surface area contributed by atoms with Gasteiger partial charge in [-0.2, -0.15) is 5.10 Å². The van der Waals surface area contributed by atoms with E-state index in [1.165, 1.54) is 41.8 Å². The van der Waals surface area contributed by atoms with E-state index in [1.54, 1.807) is 54.6 Å². The first-order valence-corrected chi connectivity index (χ1v) is 11.9. The summed E-state index contributed by atoms with van der Waals surface area (Å²) in [4.78, 5) is 38.5. The summed E-state index contributed by atoms with van der Waals surface area (Å²) in [6.07, 6.45) is 2.92. The van der Waals surface area contributed by atoms with Crippen molar-refractivity contribution in [2.75, 3.05) is 0 Å². The summed E-state index contributed by atoms with van der Waals surface area (Å²) < 4.78 is 18.7. The van der Waals surface area contributed by atoms with Gasteiger partial charge >= 0.3 is 5.97 Å². The number of nitrogens with one attached hydrogen (secondary N) is 2. The predicted octanol–water partition coefficient (Wildman–Crippen LogP) is 5.03. The van der Waals surface area contributed by atoms with Crippen LogP contribution in [0.4, 0.5) is 4.39 Å². The van der Waals surface area contributed by atoms with Crippen LogP contribution in [0, 0.1) is 5.82 Å². The molecule has 0 aliphatic rings. The zero-order valence-electron chi connectivity index (χ0n) is 19.3. The normalized spacial score (nSPS) is 11.2. The summed E-state index contributed by atoms with van der Waals surface area (Å²) >= 11 is 1.41. The van der Waals surface area contributed by atoms with E-state index in [-0.39, 0.29) is 17.0 Å². The lowest BCUT2D eigenvalue weighted by Gasteiger charge is -2.09. The van der Waals surface area contributed by atoms with Crippen LogP contribution in [-0.2, 0) is 4.79 Å². The molecule has 0 unspecified atom stereocenters. The summed E-state index contributed by atoms with van der Waals surface area (Å²) in [6.45, 7) is 0. The highest BCUT2D eigenvalue weighted by molar-refractivity contribution is 7.10. The maximum atomic E-state index is 13.4. The Morgan fingerprint density at radius 3 is 2.41 bits per heavy atom. The van der Waals surface area contributed by atoms with Crippen LogP contribution in [0.15, 0.2) is 107 Å². The van der Waals surface area contributed by atoms with E-state index < -0.39 is 23.6 Å². The Bertz CT molecular complexity index is 1470. The Labute approximate surface area is 215 Å². The zero-order valence-corrected chi connectivity index (χ0v) is 20.1. The molecule has 0 saturated heterocycles. The number of esters is 1. The quantitative estimate of drug-likeness (QED) is 0.114. The SMILES string of the molecule is O=C(N/N=C\c1cccc(OC(=O)c2cccc(F)c2)c1)/C(=C\c1cccs1)NC(=O)c1ccccc1. The number of thiophene rings is 1. The Morgan fingerprint density at radius 1 is 0.865 bits per heavy atom. The molecule has 4 aromatic rings. The van der Waals surface area contributed by atoms with Crippen LogP contribution in [0.25, 0.3) is 6.08 Å². The summed E-state index contributed by atoms with van der Waals surface area (Å²) in [5, 5.41) is 8.44. The molecule has 3 aromatic carbocycles. The smallest absolute Gasteiger partial charge is 0.343 e. The van der Waals surface area contributed by atoms with E-state index in [0.29, 0.717) is 11.1 Å². The van der Waals surface area contributed by atoms with Crippen LogP contribution >= 0.6 is 11.3 Å². The third-order valence-corrected chi connectivity index (χ3v) is 5.69. The van der Waals surface area contributed by atoms with Gasteiger partial charge in [0.1, 0.15) is 17.3 Å². The minimum Gasteiger partial charge on any atom is -0.423 e. The number of carbonyl (C=O) groups excluding carboxylic acids is 3. The monoisotopic (exact) mass is 513 g/mol. The molecule has 2 N–H and O–H groups in total. The number of amides is 2. The van der Waals surface area contributed by atoms with Crippen LogP contribution in [0.1, 0.15) is 31.2 Å². The van der Waals surface area contributed by atoms with Gasteiger partial charge in [0.2, 0.25) is 0 Å². The average molecular weight is 514 g/mol. The number of halogens is 1. The number of nitrogens with zero attached hydrogens (tertiary/aromatic N) is 1. The van der Waals surface area contributed by atoms with E-state index >= 15 is 0 Å². The van der Waals surface area contributed by atoms with E-state index in [9.17, 15) is 18.8 Å². The maximum absolute atomic E-state index is 13.4. The first kappa shape index (κ1) is 25.2. The third-order valence-electron chi connectivity index (χ3n) is 4.87. The molecule has 0 radical (unpaired) electrons. The van der Waals surface area contributed by atoms with Crippen LogP contribution in [0.2, 0.25) is 0 Å². The molecule has 0 aliphatic carbocycles. The topological polar surface area (TPSA) is 96.9 Å². The standard InChI is InChI=1S/C28H20FN3O4S/c29-22-11-5-10-21(16-22)28(35)36-23-12-4-7-19(15-23)18-30-32-27(34)25(17-24-13-6-14-37-24)31-26(33)20-8-2-1-3-9-20/h1-18H,(H,31,33)(H,32,34)/b25-17+,30-18-. The highest BCUT2D eigenvalue weighted by Gasteiger charge is 2.15. The van der Waals surface area contributed by atoms with Crippen molar-refractivity contribution in [3.63, 3.8) is 0 Å². The molecule has 0 spiro atoms. The van der Waals surface area contributed by atoms with Crippen molar-refractivity contribution < 1.29 is 23.5 Å². The molecule has 7 nitrogen and oxygen atoms in total. The van der Waals surface area contributed by atoms with E-state index in [2.05, 4.69) is 15.8 Å². The highest BCUT2D eigenvalue weighted by Crippen LogP contribution is 2.16. The lowest BCUT2D eigenvalue weighted by atomic mass is 10.2. The van der Waals surface area contributed by atoms with E-state index in [0.717, 1.165) is 10.9 Å². The van der Waals surface area contributed by atoms with Gasteiger partial charge < -0.3 is 10.1 Å². The second kappa shape index (κ2) is 12.2. The fraction of sp³-hybridized carbons (Fsp3) is 0. The molecule has 0 fully saturated rings. The molecule has 1 heterocycles. The molecule has 9 heteroatoms. The lowest BCUT2D eigenvalue weighted by molar-refractivity contribution is -0.117. The number of hydrogen-bond donors (Lipinski definition) is 2. The summed E-state index contributed by atoms with van der Waals surface area (Å²) in [7, 11) is 0. The number of rotatable bonds is 8. The van der Waals surface area contributed by atoms with Crippen molar-refractivity contribution in [3.8, 4) is 5.75 Å². The number of benzene rings is 3. The highest BCUT2D eigenvalue weighted by atomic mass is 32.1. The Morgan fingerprint density at radius 2 is 1.65 bits per heavy atom. The first-order valence-electron chi connectivity index (χ1n) is 11.0. The predicted molar refractivity (Wildman–Crippen MR) is 140 cm³/mol. The second-order valence-electron chi connectivity index (χ2n) is 7.57. The minimum absolute atomic E-state index is 0.0197. The van der Waals surface area contributed by atoms with Gasteiger partial charge in [0.15, 0.2) is 0 Å². The fourth-order valence-electron chi connectivity index (χ4n) is 3.12. The molecule has 0 atom stereocenters. The van der Waals surface area contributed by atoms with Crippen molar-refractivity contribution in [1.82, 2.24) is 10.7 Å². The molecular weight excluding hydrogens is 493 g/mol. The Kier molecular flexibility index (Phi) is 8.30. The molecule has 0 aliphatic heterocycles. The summed E-state index contributed by atoms with van der Waals surface area (Å²) in [6, 6.07) is 23.8. The van der Waals surface area contributed by atoms with Crippen molar-refractivity contribution in [2.45, 2.75) is 0 Å².